The second-order valence-corrected chi connectivity index (χ2v) is 8.46. The number of rotatable bonds is 2. The Bertz CT molecular complexity index is 512. The summed E-state index contributed by atoms with van der Waals surface area (Å²) in [7, 11) is -3.26. The predicted octanol–water partition coefficient (Wildman–Crippen LogP) is 1.50. The normalized spacial score (nSPS) is 33.5. The lowest BCUT2D eigenvalue weighted by atomic mass is 9.79. The summed E-state index contributed by atoms with van der Waals surface area (Å²) in [4.78, 5) is 0. The molecule has 6 heteroatoms. The number of thiophene rings is 1. The van der Waals surface area contributed by atoms with Crippen molar-refractivity contribution in [3.8, 4) is 0 Å². The van der Waals surface area contributed by atoms with Crippen molar-refractivity contribution in [3.63, 3.8) is 0 Å². The zero-order valence-corrected chi connectivity index (χ0v) is 11.8. The largest absolute Gasteiger partial charge is 0.328 e. The third-order valence-electron chi connectivity index (χ3n) is 4.15. The number of hydrogen-bond acceptors (Lipinski definition) is 4. The van der Waals surface area contributed by atoms with Crippen molar-refractivity contribution in [1.29, 1.82) is 0 Å². The number of hydrogen-bond donors (Lipinski definition) is 1. The summed E-state index contributed by atoms with van der Waals surface area (Å²) >= 11 is 1.30. The molecule has 18 heavy (non-hydrogen) atoms. The minimum absolute atomic E-state index is 0.260. The molecule has 0 amide bonds. The lowest BCUT2D eigenvalue weighted by molar-refractivity contribution is 0.271. The van der Waals surface area contributed by atoms with Gasteiger partial charge in [-0.25, -0.2) is 8.42 Å². The van der Waals surface area contributed by atoms with E-state index in [1.807, 2.05) is 5.38 Å². The first-order chi connectivity index (χ1) is 8.57. The first kappa shape index (κ1) is 12.6. The van der Waals surface area contributed by atoms with Crippen molar-refractivity contribution in [1.82, 2.24) is 4.31 Å². The highest BCUT2D eigenvalue weighted by Gasteiger charge is 2.41. The summed E-state index contributed by atoms with van der Waals surface area (Å²) in [5, 5.41) is 1.81. The maximum Gasteiger partial charge on any atom is 0.252 e. The van der Waals surface area contributed by atoms with Gasteiger partial charge in [0, 0.05) is 19.1 Å². The molecule has 0 spiro atoms. The molecule has 3 rings (SSSR count). The van der Waals surface area contributed by atoms with Crippen molar-refractivity contribution in [2.45, 2.75) is 29.5 Å². The number of nitrogens with zero attached hydrogens (tertiary/aromatic N) is 1. The van der Waals surface area contributed by atoms with Gasteiger partial charge >= 0.3 is 0 Å². The smallest absolute Gasteiger partial charge is 0.252 e. The molecule has 2 N–H and O–H groups in total. The van der Waals surface area contributed by atoms with Gasteiger partial charge in [-0.15, -0.1) is 11.3 Å². The fraction of sp³-hybridized carbons (Fsp3) is 0.667. The lowest BCUT2D eigenvalue weighted by Gasteiger charge is -2.28. The zero-order chi connectivity index (χ0) is 12.8. The molecule has 1 aliphatic heterocycles. The molecule has 0 aromatic carbocycles. The van der Waals surface area contributed by atoms with Gasteiger partial charge in [-0.1, -0.05) is 6.07 Å². The van der Waals surface area contributed by atoms with E-state index in [0.717, 1.165) is 19.3 Å². The number of fused-ring (bicyclic) bond motifs is 1. The van der Waals surface area contributed by atoms with Gasteiger partial charge in [0.05, 0.1) is 0 Å². The monoisotopic (exact) mass is 286 g/mol. The molecular formula is C12H18N2O2S2. The van der Waals surface area contributed by atoms with Crippen LogP contribution in [-0.2, 0) is 10.0 Å². The molecule has 2 aliphatic rings. The zero-order valence-electron chi connectivity index (χ0n) is 10.2. The van der Waals surface area contributed by atoms with E-state index in [2.05, 4.69) is 0 Å². The lowest BCUT2D eigenvalue weighted by Crippen LogP contribution is -2.32. The van der Waals surface area contributed by atoms with E-state index < -0.39 is 10.0 Å². The number of nitrogens with two attached hydrogens (primary N) is 1. The molecule has 3 atom stereocenters. The van der Waals surface area contributed by atoms with Crippen molar-refractivity contribution in [2.24, 2.45) is 17.6 Å². The Hall–Kier alpha value is -0.430. The fourth-order valence-corrected chi connectivity index (χ4v) is 5.86. The van der Waals surface area contributed by atoms with Gasteiger partial charge < -0.3 is 5.73 Å². The Kier molecular flexibility index (Phi) is 3.21. The molecule has 1 saturated heterocycles. The Morgan fingerprint density at radius 3 is 2.78 bits per heavy atom. The van der Waals surface area contributed by atoms with Crippen LogP contribution < -0.4 is 5.73 Å². The third kappa shape index (κ3) is 2.11. The summed E-state index contributed by atoms with van der Waals surface area (Å²) in [5.41, 5.74) is 5.97. The average molecular weight is 286 g/mol. The molecule has 1 aromatic heterocycles. The van der Waals surface area contributed by atoms with Gasteiger partial charge in [0.2, 0.25) is 0 Å². The molecule has 1 saturated carbocycles. The maximum atomic E-state index is 12.4. The minimum atomic E-state index is -3.26. The molecular weight excluding hydrogens is 268 g/mol. The second-order valence-electron chi connectivity index (χ2n) is 5.35. The predicted molar refractivity (Wildman–Crippen MR) is 71.9 cm³/mol. The summed E-state index contributed by atoms with van der Waals surface area (Å²) in [6, 6.07) is 3.74. The highest BCUT2D eigenvalue weighted by Crippen LogP contribution is 2.38. The summed E-state index contributed by atoms with van der Waals surface area (Å²) in [5.74, 6) is 0.975. The third-order valence-corrected chi connectivity index (χ3v) is 7.35. The first-order valence-electron chi connectivity index (χ1n) is 6.36. The van der Waals surface area contributed by atoms with E-state index in [1.165, 1.54) is 11.3 Å². The first-order valence-corrected chi connectivity index (χ1v) is 8.68. The van der Waals surface area contributed by atoms with Crippen LogP contribution in [-0.4, -0.2) is 31.9 Å². The van der Waals surface area contributed by atoms with E-state index in [0.29, 0.717) is 29.1 Å². The fourth-order valence-electron chi connectivity index (χ4n) is 3.16. The van der Waals surface area contributed by atoms with E-state index in [-0.39, 0.29) is 6.04 Å². The molecule has 0 bridgehead atoms. The summed E-state index contributed by atoms with van der Waals surface area (Å²) in [6.45, 7) is 1.33. The Labute approximate surface area is 112 Å². The highest BCUT2D eigenvalue weighted by molar-refractivity contribution is 7.91. The van der Waals surface area contributed by atoms with Crippen LogP contribution in [0, 0.1) is 11.8 Å². The van der Waals surface area contributed by atoms with Gasteiger partial charge in [-0.3, -0.25) is 0 Å². The summed E-state index contributed by atoms with van der Waals surface area (Å²) < 4.78 is 27.0. The topological polar surface area (TPSA) is 63.4 Å². The van der Waals surface area contributed by atoms with Crippen LogP contribution in [0.15, 0.2) is 21.7 Å². The van der Waals surface area contributed by atoms with E-state index in [1.54, 1.807) is 16.4 Å². The van der Waals surface area contributed by atoms with Crippen LogP contribution in [0.5, 0.6) is 0 Å². The SMILES string of the molecule is NC1CC[C@H]2CN(S(=O)(=O)c3cccs3)C[C@H]2C1. The molecule has 1 aliphatic carbocycles. The van der Waals surface area contributed by atoms with Gasteiger partial charge in [0.15, 0.2) is 0 Å². The molecule has 2 heterocycles. The van der Waals surface area contributed by atoms with Gasteiger partial charge in [0.25, 0.3) is 10.0 Å². The van der Waals surface area contributed by atoms with Crippen LogP contribution in [0.25, 0.3) is 0 Å². The van der Waals surface area contributed by atoms with Gasteiger partial charge in [-0.2, -0.15) is 4.31 Å². The Morgan fingerprint density at radius 2 is 2.06 bits per heavy atom. The van der Waals surface area contributed by atoms with Crippen molar-refractivity contribution < 1.29 is 8.42 Å². The van der Waals surface area contributed by atoms with Crippen molar-refractivity contribution >= 4 is 21.4 Å². The molecule has 1 unspecified atom stereocenters. The molecule has 1 aromatic rings. The van der Waals surface area contributed by atoms with Crippen LogP contribution in [0.1, 0.15) is 19.3 Å². The maximum absolute atomic E-state index is 12.4. The Morgan fingerprint density at radius 1 is 1.28 bits per heavy atom. The van der Waals surface area contributed by atoms with E-state index >= 15 is 0 Å². The van der Waals surface area contributed by atoms with Crippen molar-refractivity contribution in [3.05, 3.63) is 17.5 Å². The van der Waals surface area contributed by atoms with Crippen molar-refractivity contribution in [2.75, 3.05) is 13.1 Å². The Balaban J connectivity index is 1.80. The van der Waals surface area contributed by atoms with E-state index in [4.69, 9.17) is 5.73 Å². The van der Waals surface area contributed by atoms with Gasteiger partial charge in [0.1, 0.15) is 4.21 Å². The van der Waals surface area contributed by atoms with Crippen LogP contribution in [0.3, 0.4) is 0 Å². The molecule has 2 fully saturated rings. The van der Waals surface area contributed by atoms with Crippen LogP contribution in [0.4, 0.5) is 0 Å². The van der Waals surface area contributed by atoms with Gasteiger partial charge in [-0.05, 0) is 42.5 Å². The van der Waals surface area contributed by atoms with Crippen LogP contribution >= 0.6 is 11.3 Å². The second kappa shape index (κ2) is 4.59. The summed E-state index contributed by atoms with van der Waals surface area (Å²) in [6.07, 6.45) is 3.08. The highest BCUT2D eigenvalue weighted by atomic mass is 32.2. The standard InChI is InChI=1S/C12H18N2O2S2/c13-11-4-3-9-7-14(8-10(9)6-11)18(15,16)12-2-1-5-17-12/h1-2,5,9-11H,3-4,6-8,13H2/t9-,10+,11?/m0/s1. The number of sulfonamides is 1. The molecule has 4 nitrogen and oxygen atoms in total. The quantitative estimate of drug-likeness (QED) is 0.896. The molecule has 100 valence electrons. The molecule has 0 radical (unpaired) electrons. The average Bonchev–Trinajstić information content (AvgIpc) is 2.97. The van der Waals surface area contributed by atoms with E-state index in [9.17, 15) is 8.42 Å². The minimum Gasteiger partial charge on any atom is -0.328 e. The van der Waals surface area contributed by atoms with Crippen LogP contribution in [0.2, 0.25) is 0 Å².